The van der Waals surface area contributed by atoms with Gasteiger partial charge in [-0.2, -0.15) is 4.99 Å². The highest BCUT2D eigenvalue weighted by Gasteiger charge is 2.48. The second-order valence-corrected chi connectivity index (χ2v) is 10.2. The summed E-state index contributed by atoms with van der Waals surface area (Å²) in [6, 6.07) is 7.34. The molecule has 2 fully saturated rings. The zero-order valence-corrected chi connectivity index (χ0v) is 16.4. The van der Waals surface area contributed by atoms with Crippen molar-refractivity contribution in [2.75, 3.05) is 11.5 Å². The topological polar surface area (TPSA) is 66.8 Å². The standard InChI is InChI=1S/C17H21ClN2O3S2/c1-2-3-4-16(21)19-17-20(9-12-5-7-13(18)8-6-12)14-10-25(22,23)11-15(14)24-17/h5-8,14-15H,2-4,9-11H2,1H3/t14-,15-/m0/s1. The minimum atomic E-state index is -3.03. The van der Waals surface area contributed by atoms with E-state index >= 15 is 0 Å². The number of unbranched alkanes of at least 4 members (excludes halogenated alkanes) is 1. The Bertz CT molecular complexity index is 778. The monoisotopic (exact) mass is 400 g/mol. The Hall–Kier alpha value is -1.05. The SMILES string of the molecule is CCCCC(=O)N=C1S[C@H]2CS(=O)(=O)C[C@@H]2N1Cc1ccc(Cl)cc1. The Morgan fingerprint density at radius 1 is 1.32 bits per heavy atom. The Labute approximate surface area is 157 Å². The van der Waals surface area contributed by atoms with Crippen molar-refractivity contribution in [2.45, 2.75) is 44.0 Å². The van der Waals surface area contributed by atoms with Crippen LogP contribution in [0.2, 0.25) is 5.02 Å². The lowest BCUT2D eigenvalue weighted by Crippen LogP contribution is -2.37. The molecule has 2 saturated heterocycles. The van der Waals surface area contributed by atoms with Crippen LogP contribution in [0, 0.1) is 0 Å². The van der Waals surface area contributed by atoms with Crippen molar-refractivity contribution >= 4 is 44.3 Å². The number of hydrogen-bond donors (Lipinski definition) is 0. The van der Waals surface area contributed by atoms with Gasteiger partial charge in [0, 0.05) is 23.2 Å². The number of amidine groups is 1. The first-order valence-corrected chi connectivity index (χ1v) is 11.5. The van der Waals surface area contributed by atoms with Crippen molar-refractivity contribution in [1.29, 1.82) is 0 Å². The van der Waals surface area contributed by atoms with E-state index in [0.29, 0.717) is 23.2 Å². The first-order chi connectivity index (χ1) is 11.9. The molecule has 5 nitrogen and oxygen atoms in total. The third-order valence-corrected chi connectivity index (χ3v) is 7.91. The summed E-state index contributed by atoms with van der Waals surface area (Å²) in [6.07, 6.45) is 2.20. The number of halogens is 1. The van der Waals surface area contributed by atoms with Crippen LogP contribution in [-0.4, -0.2) is 47.2 Å². The number of rotatable bonds is 5. The number of aliphatic imine (C=N–C) groups is 1. The minimum absolute atomic E-state index is 0.0463. The molecular formula is C17H21ClN2O3S2. The molecule has 2 aliphatic rings. The van der Waals surface area contributed by atoms with E-state index in [9.17, 15) is 13.2 Å². The first kappa shape index (κ1) is 18.7. The normalized spacial score (nSPS) is 26.2. The molecule has 0 N–H and O–H groups in total. The lowest BCUT2D eigenvalue weighted by molar-refractivity contribution is -0.117. The van der Waals surface area contributed by atoms with Crippen molar-refractivity contribution in [2.24, 2.45) is 4.99 Å². The van der Waals surface area contributed by atoms with Gasteiger partial charge in [-0.05, 0) is 24.1 Å². The largest absolute Gasteiger partial charge is 0.342 e. The maximum absolute atomic E-state index is 12.1. The van der Waals surface area contributed by atoms with Gasteiger partial charge in [0.1, 0.15) is 0 Å². The first-order valence-electron chi connectivity index (χ1n) is 8.37. The molecule has 8 heteroatoms. The van der Waals surface area contributed by atoms with Crippen LogP contribution in [0.15, 0.2) is 29.3 Å². The van der Waals surface area contributed by atoms with Gasteiger partial charge in [0.15, 0.2) is 15.0 Å². The average Bonchev–Trinajstić information content (AvgIpc) is 3.00. The molecular weight excluding hydrogens is 380 g/mol. The van der Waals surface area contributed by atoms with E-state index in [1.165, 1.54) is 11.8 Å². The summed E-state index contributed by atoms with van der Waals surface area (Å²) in [5, 5.41) is 1.26. The smallest absolute Gasteiger partial charge is 0.248 e. The van der Waals surface area contributed by atoms with Crippen molar-refractivity contribution in [3.63, 3.8) is 0 Å². The number of carbonyl (C=O) groups is 1. The Morgan fingerprint density at radius 3 is 2.72 bits per heavy atom. The maximum Gasteiger partial charge on any atom is 0.248 e. The number of benzene rings is 1. The quantitative estimate of drug-likeness (QED) is 0.759. The van der Waals surface area contributed by atoms with Crippen LogP contribution < -0.4 is 0 Å². The van der Waals surface area contributed by atoms with Crippen molar-refractivity contribution < 1.29 is 13.2 Å². The van der Waals surface area contributed by atoms with Gasteiger partial charge in [0.2, 0.25) is 5.91 Å². The van der Waals surface area contributed by atoms with E-state index in [1.54, 1.807) is 0 Å². The van der Waals surface area contributed by atoms with Crippen molar-refractivity contribution in [1.82, 2.24) is 4.90 Å². The molecule has 2 heterocycles. The summed E-state index contributed by atoms with van der Waals surface area (Å²) in [7, 11) is -3.03. The summed E-state index contributed by atoms with van der Waals surface area (Å²) in [5.74, 6) is 0.149. The summed E-state index contributed by atoms with van der Waals surface area (Å²) >= 11 is 7.36. The number of sulfone groups is 1. The molecule has 25 heavy (non-hydrogen) atoms. The fraction of sp³-hybridized carbons (Fsp3) is 0.529. The molecule has 1 aromatic carbocycles. The molecule has 0 aliphatic carbocycles. The fourth-order valence-electron chi connectivity index (χ4n) is 3.10. The lowest BCUT2D eigenvalue weighted by atomic mass is 10.1. The minimum Gasteiger partial charge on any atom is -0.342 e. The van der Waals surface area contributed by atoms with Crippen LogP contribution in [0.3, 0.4) is 0 Å². The van der Waals surface area contributed by atoms with E-state index in [1.807, 2.05) is 36.1 Å². The van der Waals surface area contributed by atoms with E-state index in [2.05, 4.69) is 4.99 Å². The Kier molecular flexibility index (Phi) is 5.75. The molecule has 2 aliphatic heterocycles. The van der Waals surface area contributed by atoms with Crippen LogP contribution >= 0.6 is 23.4 Å². The van der Waals surface area contributed by atoms with E-state index in [-0.39, 0.29) is 28.7 Å². The molecule has 0 radical (unpaired) electrons. The van der Waals surface area contributed by atoms with Gasteiger partial charge in [0.25, 0.3) is 0 Å². The summed E-state index contributed by atoms with van der Waals surface area (Å²) in [5.41, 5.74) is 1.02. The van der Waals surface area contributed by atoms with Crippen LogP contribution in [-0.2, 0) is 21.2 Å². The highest BCUT2D eigenvalue weighted by molar-refractivity contribution is 8.15. The molecule has 136 valence electrons. The number of nitrogens with zero attached hydrogens (tertiary/aromatic N) is 2. The molecule has 0 saturated carbocycles. The summed E-state index contributed by atoms with van der Waals surface area (Å²) < 4.78 is 24.0. The third kappa shape index (κ3) is 4.57. The van der Waals surface area contributed by atoms with Gasteiger partial charge in [-0.1, -0.05) is 48.8 Å². The molecule has 3 rings (SSSR count). The van der Waals surface area contributed by atoms with Crippen LogP contribution in [0.5, 0.6) is 0 Å². The van der Waals surface area contributed by atoms with E-state index in [4.69, 9.17) is 11.6 Å². The molecule has 1 aromatic rings. The predicted octanol–water partition coefficient (Wildman–Crippen LogP) is 3.13. The molecule has 0 aromatic heterocycles. The second kappa shape index (κ2) is 7.68. The number of thioether (sulfide) groups is 1. The molecule has 0 bridgehead atoms. The van der Waals surface area contributed by atoms with Gasteiger partial charge in [-0.3, -0.25) is 4.79 Å². The third-order valence-electron chi connectivity index (χ3n) is 4.41. The number of carbonyl (C=O) groups excluding carboxylic acids is 1. The number of hydrogen-bond acceptors (Lipinski definition) is 4. The van der Waals surface area contributed by atoms with Crippen molar-refractivity contribution in [3.05, 3.63) is 34.9 Å². The average molecular weight is 401 g/mol. The Balaban J connectivity index is 1.83. The molecule has 2 atom stereocenters. The van der Waals surface area contributed by atoms with Crippen LogP contribution in [0.25, 0.3) is 0 Å². The predicted molar refractivity (Wildman–Crippen MR) is 103 cm³/mol. The number of fused-ring (bicyclic) bond motifs is 1. The summed E-state index contributed by atoms with van der Waals surface area (Å²) in [4.78, 5) is 18.3. The van der Waals surface area contributed by atoms with E-state index in [0.717, 1.165) is 18.4 Å². The second-order valence-electron chi connectivity index (χ2n) is 6.45. The highest BCUT2D eigenvalue weighted by Crippen LogP contribution is 2.39. The van der Waals surface area contributed by atoms with Crippen LogP contribution in [0.4, 0.5) is 0 Å². The zero-order chi connectivity index (χ0) is 18.0. The fourth-order valence-corrected chi connectivity index (χ4v) is 7.19. The van der Waals surface area contributed by atoms with E-state index < -0.39 is 9.84 Å². The molecule has 1 amide bonds. The van der Waals surface area contributed by atoms with Gasteiger partial charge in [-0.15, -0.1) is 0 Å². The van der Waals surface area contributed by atoms with Crippen molar-refractivity contribution in [3.8, 4) is 0 Å². The van der Waals surface area contributed by atoms with Crippen LogP contribution in [0.1, 0.15) is 31.7 Å². The summed E-state index contributed by atoms with van der Waals surface area (Å²) in [6.45, 7) is 2.56. The van der Waals surface area contributed by atoms with Gasteiger partial charge < -0.3 is 4.90 Å². The van der Waals surface area contributed by atoms with Gasteiger partial charge in [0.05, 0.1) is 17.5 Å². The molecule has 0 spiro atoms. The Morgan fingerprint density at radius 2 is 2.04 bits per heavy atom. The highest BCUT2D eigenvalue weighted by atomic mass is 35.5. The van der Waals surface area contributed by atoms with Gasteiger partial charge in [-0.25, -0.2) is 8.42 Å². The molecule has 0 unspecified atom stereocenters. The van der Waals surface area contributed by atoms with Gasteiger partial charge >= 0.3 is 0 Å². The number of amides is 1. The lowest BCUT2D eigenvalue weighted by Gasteiger charge is -2.24. The zero-order valence-electron chi connectivity index (χ0n) is 14.0. The maximum atomic E-state index is 12.1.